The summed E-state index contributed by atoms with van der Waals surface area (Å²) in [5, 5.41) is 0.661. The smallest absolute Gasteiger partial charge is 0.137 e. The van der Waals surface area contributed by atoms with Gasteiger partial charge in [0.15, 0.2) is 0 Å². The number of nitrogens with zero attached hydrogens (tertiary/aromatic N) is 1. The summed E-state index contributed by atoms with van der Waals surface area (Å²) in [7, 11) is 0. The SMILES string of the molecule is CCCCCCCCCCCCc1ccc(-c2ccc(OCCCCCC)c(Cl)c2)nc1. The van der Waals surface area contributed by atoms with Gasteiger partial charge in [0.25, 0.3) is 0 Å². The van der Waals surface area contributed by atoms with Gasteiger partial charge in [-0.15, -0.1) is 0 Å². The van der Waals surface area contributed by atoms with Crippen LogP contribution in [0.2, 0.25) is 5.02 Å². The second-order valence-corrected chi connectivity index (χ2v) is 9.45. The van der Waals surface area contributed by atoms with Gasteiger partial charge in [-0.2, -0.15) is 0 Å². The van der Waals surface area contributed by atoms with Crippen LogP contribution >= 0.6 is 11.6 Å². The summed E-state index contributed by atoms with van der Waals surface area (Å²) in [6.07, 6.45) is 21.7. The maximum atomic E-state index is 6.45. The van der Waals surface area contributed by atoms with E-state index in [9.17, 15) is 0 Å². The zero-order chi connectivity index (χ0) is 22.9. The lowest BCUT2D eigenvalue weighted by Gasteiger charge is -2.10. The number of aryl methyl sites for hydroxylation is 1. The van der Waals surface area contributed by atoms with E-state index in [0.717, 1.165) is 36.5 Å². The highest BCUT2D eigenvalue weighted by Crippen LogP contribution is 2.30. The van der Waals surface area contributed by atoms with Crippen LogP contribution in [-0.2, 0) is 6.42 Å². The number of hydrogen-bond acceptors (Lipinski definition) is 2. The van der Waals surface area contributed by atoms with Crippen LogP contribution in [0.25, 0.3) is 11.3 Å². The van der Waals surface area contributed by atoms with E-state index >= 15 is 0 Å². The summed E-state index contributed by atoms with van der Waals surface area (Å²) in [5.74, 6) is 0.768. The summed E-state index contributed by atoms with van der Waals surface area (Å²) >= 11 is 6.45. The Bertz CT molecular complexity index is 728. The van der Waals surface area contributed by atoms with Gasteiger partial charge in [0.1, 0.15) is 5.75 Å². The summed E-state index contributed by atoms with van der Waals surface area (Å²) in [4.78, 5) is 4.68. The molecule has 0 aliphatic rings. The Morgan fingerprint density at radius 2 is 1.34 bits per heavy atom. The van der Waals surface area contributed by atoms with Crippen molar-refractivity contribution >= 4 is 11.6 Å². The lowest BCUT2D eigenvalue weighted by molar-refractivity contribution is 0.305. The molecule has 0 fully saturated rings. The number of benzene rings is 1. The third-order valence-corrected chi connectivity index (χ3v) is 6.42. The molecule has 3 heteroatoms. The molecule has 0 amide bonds. The molecular formula is C29H44ClNO. The molecule has 0 N–H and O–H groups in total. The van der Waals surface area contributed by atoms with Gasteiger partial charge in [-0.1, -0.05) is 109 Å². The van der Waals surface area contributed by atoms with Gasteiger partial charge in [-0.05, 0) is 49.1 Å². The van der Waals surface area contributed by atoms with Crippen LogP contribution in [0.5, 0.6) is 5.75 Å². The predicted molar refractivity (Wildman–Crippen MR) is 140 cm³/mol. The van der Waals surface area contributed by atoms with Crippen molar-refractivity contribution in [3.8, 4) is 17.0 Å². The molecule has 0 spiro atoms. The topological polar surface area (TPSA) is 22.1 Å². The van der Waals surface area contributed by atoms with Crippen LogP contribution in [0.4, 0.5) is 0 Å². The number of hydrogen-bond donors (Lipinski definition) is 0. The minimum atomic E-state index is 0.661. The Morgan fingerprint density at radius 3 is 1.94 bits per heavy atom. The van der Waals surface area contributed by atoms with Crippen molar-refractivity contribution in [2.75, 3.05) is 6.61 Å². The third-order valence-electron chi connectivity index (χ3n) is 6.13. The first-order chi connectivity index (χ1) is 15.7. The zero-order valence-electron chi connectivity index (χ0n) is 20.5. The highest BCUT2D eigenvalue weighted by molar-refractivity contribution is 6.32. The number of pyridine rings is 1. The van der Waals surface area contributed by atoms with Crippen molar-refractivity contribution in [2.45, 2.75) is 110 Å². The minimum Gasteiger partial charge on any atom is -0.492 e. The van der Waals surface area contributed by atoms with Crippen molar-refractivity contribution < 1.29 is 4.74 Å². The van der Waals surface area contributed by atoms with E-state index in [2.05, 4.69) is 37.0 Å². The molecule has 2 aromatic rings. The summed E-state index contributed by atoms with van der Waals surface area (Å²) in [6, 6.07) is 10.3. The predicted octanol–water partition coefficient (Wildman–Crippen LogP) is 9.82. The van der Waals surface area contributed by atoms with Crippen molar-refractivity contribution in [3.05, 3.63) is 47.1 Å². The van der Waals surface area contributed by atoms with Gasteiger partial charge in [0, 0.05) is 11.8 Å². The van der Waals surface area contributed by atoms with Crippen molar-refractivity contribution in [1.82, 2.24) is 4.98 Å². The third kappa shape index (κ3) is 10.9. The van der Waals surface area contributed by atoms with Gasteiger partial charge in [0.2, 0.25) is 0 Å². The molecule has 0 unspecified atom stereocenters. The van der Waals surface area contributed by atoms with Crippen LogP contribution in [0, 0.1) is 0 Å². The van der Waals surface area contributed by atoms with E-state index in [1.165, 1.54) is 89.0 Å². The fourth-order valence-corrected chi connectivity index (χ4v) is 4.28. The van der Waals surface area contributed by atoms with Crippen LogP contribution < -0.4 is 4.74 Å². The lowest BCUT2D eigenvalue weighted by atomic mass is 10.0. The molecule has 0 radical (unpaired) electrons. The molecule has 0 bridgehead atoms. The van der Waals surface area contributed by atoms with Gasteiger partial charge in [-0.3, -0.25) is 4.98 Å². The zero-order valence-corrected chi connectivity index (χ0v) is 21.3. The average molecular weight is 458 g/mol. The molecule has 0 aliphatic carbocycles. The highest BCUT2D eigenvalue weighted by Gasteiger charge is 2.06. The summed E-state index contributed by atoms with van der Waals surface area (Å²) < 4.78 is 5.84. The molecule has 0 atom stereocenters. The fourth-order valence-electron chi connectivity index (χ4n) is 4.05. The molecular weight excluding hydrogens is 414 g/mol. The number of unbranched alkanes of at least 4 members (excludes halogenated alkanes) is 12. The largest absolute Gasteiger partial charge is 0.492 e. The molecule has 2 rings (SSSR count). The molecule has 1 aromatic carbocycles. The van der Waals surface area contributed by atoms with Crippen molar-refractivity contribution in [2.24, 2.45) is 0 Å². The first-order valence-corrected chi connectivity index (χ1v) is 13.5. The summed E-state index contributed by atoms with van der Waals surface area (Å²) in [5.41, 5.74) is 3.33. The standard InChI is InChI=1S/C29H44ClNO/c1-3-5-7-9-10-11-12-13-14-15-17-25-18-20-28(31-24-25)26-19-21-29(27(30)23-26)32-22-16-8-6-4-2/h18-21,23-24H,3-17,22H2,1-2H3. The number of halogens is 1. The number of ether oxygens (including phenoxy) is 1. The normalized spacial score (nSPS) is 11.1. The average Bonchev–Trinajstić information content (AvgIpc) is 2.81. The van der Waals surface area contributed by atoms with Crippen molar-refractivity contribution in [1.29, 1.82) is 0 Å². The van der Waals surface area contributed by atoms with Crippen LogP contribution in [0.1, 0.15) is 109 Å². The number of rotatable bonds is 18. The van der Waals surface area contributed by atoms with Crippen LogP contribution in [0.15, 0.2) is 36.5 Å². The first-order valence-electron chi connectivity index (χ1n) is 13.1. The van der Waals surface area contributed by atoms with E-state index in [4.69, 9.17) is 16.3 Å². The van der Waals surface area contributed by atoms with E-state index in [-0.39, 0.29) is 0 Å². The van der Waals surface area contributed by atoms with Crippen molar-refractivity contribution in [3.63, 3.8) is 0 Å². The molecule has 0 saturated heterocycles. The Kier molecular flexibility index (Phi) is 14.2. The second-order valence-electron chi connectivity index (χ2n) is 9.04. The Hall–Kier alpha value is -1.54. The second kappa shape index (κ2) is 17.0. The minimum absolute atomic E-state index is 0.661. The van der Waals surface area contributed by atoms with Crippen LogP contribution in [0.3, 0.4) is 0 Å². The first kappa shape index (κ1) is 26.7. The Morgan fingerprint density at radius 1 is 0.719 bits per heavy atom. The van der Waals surface area contributed by atoms with Gasteiger partial charge >= 0.3 is 0 Å². The fraction of sp³-hybridized carbons (Fsp3) is 0.621. The molecule has 32 heavy (non-hydrogen) atoms. The lowest BCUT2D eigenvalue weighted by Crippen LogP contribution is -1.98. The molecule has 178 valence electrons. The Labute approximate surface area is 202 Å². The molecule has 2 nitrogen and oxygen atoms in total. The molecule has 0 saturated carbocycles. The Balaban J connectivity index is 1.67. The van der Waals surface area contributed by atoms with Crippen LogP contribution in [-0.4, -0.2) is 11.6 Å². The van der Waals surface area contributed by atoms with E-state index in [1.54, 1.807) is 0 Å². The van der Waals surface area contributed by atoms with Gasteiger partial charge < -0.3 is 4.74 Å². The number of aromatic nitrogens is 1. The van der Waals surface area contributed by atoms with E-state index < -0.39 is 0 Å². The maximum absolute atomic E-state index is 6.45. The van der Waals surface area contributed by atoms with Gasteiger partial charge in [-0.25, -0.2) is 0 Å². The monoisotopic (exact) mass is 457 g/mol. The highest BCUT2D eigenvalue weighted by atomic mass is 35.5. The summed E-state index contributed by atoms with van der Waals surface area (Å²) in [6.45, 7) is 5.22. The molecule has 1 aromatic heterocycles. The van der Waals surface area contributed by atoms with E-state index in [0.29, 0.717) is 5.02 Å². The van der Waals surface area contributed by atoms with E-state index in [1.807, 2.05) is 18.3 Å². The molecule has 0 aliphatic heterocycles. The van der Waals surface area contributed by atoms with Gasteiger partial charge in [0.05, 0.1) is 17.3 Å². The quantitative estimate of drug-likeness (QED) is 0.208. The maximum Gasteiger partial charge on any atom is 0.137 e. The molecule has 1 heterocycles.